The molecule has 25 heavy (non-hydrogen) atoms. The van der Waals surface area contributed by atoms with Crippen molar-refractivity contribution in [2.45, 2.75) is 60.0 Å². The SMILES string of the molecule is Cc1cc(C)c([Si](O)(c2c(C)cc(C)cc2C)[C@H]2CCCN2)c(C)c1. The molecule has 2 aromatic rings. The quantitative estimate of drug-likeness (QED) is 0.832. The van der Waals surface area contributed by atoms with Crippen LogP contribution in [0.5, 0.6) is 0 Å². The van der Waals surface area contributed by atoms with Crippen molar-refractivity contribution in [3.63, 3.8) is 0 Å². The van der Waals surface area contributed by atoms with Crippen LogP contribution in [-0.4, -0.2) is 25.3 Å². The smallest absolute Gasteiger partial charge is 0.270 e. The molecule has 2 nitrogen and oxygen atoms in total. The average Bonchev–Trinajstić information content (AvgIpc) is 2.99. The molecule has 0 unspecified atom stereocenters. The third-order valence-corrected chi connectivity index (χ3v) is 10.3. The Morgan fingerprint density at radius 3 is 1.52 bits per heavy atom. The van der Waals surface area contributed by atoms with E-state index in [9.17, 15) is 4.80 Å². The predicted molar refractivity (Wildman–Crippen MR) is 110 cm³/mol. The van der Waals surface area contributed by atoms with E-state index >= 15 is 0 Å². The minimum Gasteiger partial charge on any atom is -0.423 e. The van der Waals surface area contributed by atoms with Gasteiger partial charge in [0.2, 0.25) is 0 Å². The van der Waals surface area contributed by atoms with Gasteiger partial charge < -0.3 is 10.1 Å². The fourth-order valence-electron chi connectivity index (χ4n) is 5.08. The molecular formula is C22H31NOSi. The Bertz CT molecular complexity index is 702. The molecule has 1 fully saturated rings. The van der Waals surface area contributed by atoms with Crippen LogP contribution in [0.25, 0.3) is 0 Å². The summed E-state index contributed by atoms with van der Waals surface area (Å²) in [6, 6.07) is 8.92. The van der Waals surface area contributed by atoms with Crippen LogP contribution in [0.15, 0.2) is 24.3 Å². The van der Waals surface area contributed by atoms with Crippen LogP contribution in [0.2, 0.25) is 0 Å². The minimum atomic E-state index is -2.90. The van der Waals surface area contributed by atoms with E-state index in [-0.39, 0.29) is 5.67 Å². The first kappa shape index (κ1) is 18.4. The van der Waals surface area contributed by atoms with Gasteiger partial charge in [-0.25, -0.2) is 0 Å². The lowest BCUT2D eigenvalue weighted by Crippen LogP contribution is -2.72. The standard InChI is InChI=1S/C22H31NOSi/c1-14-10-16(3)21(17(4)11-14)25(24,20-8-7-9-23-20)22-18(5)12-15(2)13-19(22)6/h10-13,20,23-24H,7-9H2,1-6H3/t20-/m0/s1. The zero-order valence-electron chi connectivity index (χ0n) is 16.5. The van der Waals surface area contributed by atoms with Crippen molar-refractivity contribution < 1.29 is 4.80 Å². The zero-order chi connectivity index (χ0) is 18.4. The maximum absolute atomic E-state index is 12.4. The number of hydrogen-bond acceptors (Lipinski definition) is 2. The molecule has 1 heterocycles. The minimum absolute atomic E-state index is 0.188. The van der Waals surface area contributed by atoms with Crippen LogP contribution < -0.4 is 15.7 Å². The lowest BCUT2D eigenvalue weighted by atomic mass is 10.1. The van der Waals surface area contributed by atoms with E-state index < -0.39 is 8.32 Å². The van der Waals surface area contributed by atoms with Gasteiger partial charge in [-0.15, -0.1) is 0 Å². The Morgan fingerprint density at radius 1 is 0.800 bits per heavy atom. The first-order valence-corrected chi connectivity index (χ1v) is 11.4. The third kappa shape index (κ3) is 3.09. The molecule has 0 amide bonds. The van der Waals surface area contributed by atoms with Crippen LogP contribution >= 0.6 is 0 Å². The highest BCUT2D eigenvalue weighted by atomic mass is 28.4. The van der Waals surface area contributed by atoms with Crippen molar-refractivity contribution in [1.29, 1.82) is 0 Å². The number of hydrogen-bond donors (Lipinski definition) is 2. The summed E-state index contributed by atoms with van der Waals surface area (Å²) in [5, 5.41) is 6.07. The van der Waals surface area contributed by atoms with Gasteiger partial charge in [0.15, 0.2) is 0 Å². The van der Waals surface area contributed by atoms with E-state index in [1.165, 1.54) is 43.8 Å². The molecule has 1 aliphatic heterocycles. The molecule has 134 valence electrons. The van der Waals surface area contributed by atoms with Gasteiger partial charge in [-0.1, -0.05) is 35.4 Å². The molecule has 1 aliphatic rings. The molecule has 0 radical (unpaired) electrons. The Labute approximate surface area is 153 Å². The largest absolute Gasteiger partial charge is 0.423 e. The molecule has 3 heteroatoms. The van der Waals surface area contributed by atoms with Crippen molar-refractivity contribution in [2.24, 2.45) is 0 Å². The van der Waals surface area contributed by atoms with Crippen LogP contribution in [-0.2, 0) is 0 Å². The van der Waals surface area contributed by atoms with Crippen molar-refractivity contribution in [3.05, 3.63) is 57.6 Å². The number of aryl methyl sites for hydroxylation is 6. The second-order valence-corrected chi connectivity index (χ2v) is 11.2. The molecule has 0 aliphatic carbocycles. The van der Waals surface area contributed by atoms with Gasteiger partial charge in [-0.2, -0.15) is 0 Å². The fourth-order valence-corrected chi connectivity index (χ4v) is 9.78. The van der Waals surface area contributed by atoms with Gasteiger partial charge >= 0.3 is 0 Å². The first-order chi connectivity index (χ1) is 11.7. The van der Waals surface area contributed by atoms with E-state index in [0.717, 1.165) is 19.4 Å². The van der Waals surface area contributed by atoms with Crippen molar-refractivity contribution in [2.75, 3.05) is 6.54 Å². The Balaban J connectivity index is 2.34. The fraction of sp³-hybridized carbons (Fsp3) is 0.455. The number of nitrogens with one attached hydrogen (secondary N) is 1. The zero-order valence-corrected chi connectivity index (χ0v) is 17.5. The molecule has 2 aromatic carbocycles. The van der Waals surface area contributed by atoms with E-state index in [1.54, 1.807) is 0 Å². The number of rotatable bonds is 3. The van der Waals surface area contributed by atoms with E-state index in [2.05, 4.69) is 71.1 Å². The molecule has 0 spiro atoms. The lowest BCUT2D eigenvalue weighted by molar-refractivity contribution is 0.526. The predicted octanol–water partition coefficient (Wildman–Crippen LogP) is 2.88. The van der Waals surface area contributed by atoms with Gasteiger partial charge in [0.1, 0.15) is 0 Å². The molecule has 0 bridgehead atoms. The maximum atomic E-state index is 12.4. The van der Waals surface area contributed by atoms with Crippen molar-refractivity contribution >= 4 is 18.7 Å². The summed E-state index contributed by atoms with van der Waals surface area (Å²) in [5.41, 5.74) is 7.67. The summed E-state index contributed by atoms with van der Waals surface area (Å²) in [6.07, 6.45) is 2.20. The highest BCUT2D eigenvalue weighted by molar-refractivity contribution is 6.98. The van der Waals surface area contributed by atoms with Crippen molar-refractivity contribution in [1.82, 2.24) is 5.32 Å². The van der Waals surface area contributed by atoms with Crippen LogP contribution in [0, 0.1) is 41.5 Å². The van der Waals surface area contributed by atoms with Gasteiger partial charge in [0.05, 0.1) is 0 Å². The van der Waals surface area contributed by atoms with Crippen LogP contribution in [0.4, 0.5) is 0 Å². The summed E-state index contributed by atoms with van der Waals surface area (Å²) in [5.74, 6) is 0. The average molecular weight is 354 g/mol. The molecule has 0 saturated carbocycles. The summed E-state index contributed by atoms with van der Waals surface area (Å²) in [4.78, 5) is 12.4. The van der Waals surface area contributed by atoms with Gasteiger partial charge in [-0.05, 0) is 93.6 Å². The second-order valence-electron chi connectivity index (χ2n) is 7.96. The first-order valence-electron chi connectivity index (χ1n) is 9.37. The van der Waals surface area contributed by atoms with Crippen LogP contribution in [0.3, 0.4) is 0 Å². The number of benzene rings is 2. The highest BCUT2D eigenvalue weighted by Gasteiger charge is 2.48. The lowest BCUT2D eigenvalue weighted by Gasteiger charge is -2.37. The van der Waals surface area contributed by atoms with Gasteiger partial charge in [0, 0.05) is 5.67 Å². The Kier molecular flexibility index (Phi) is 4.93. The summed E-state index contributed by atoms with van der Waals surface area (Å²) in [7, 11) is -2.90. The highest BCUT2D eigenvalue weighted by Crippen LogP contribution is 2.23. The van der Waals surface area contributed by atoms with E-state index in [0.29, 0.717) is 0 Å². The summed E-state index contributed by atoms with van der Waals surface area (Å²) < 4.78 is 0. The molecule has 2 N–H and O–H groups in total. The van der Waals surface area contributed by atoms with Gasteiger partial charge in [0.25, 0.3) is 8.32 Å². The summed E-state index contributed by atoms with van der Waals surface area (Å²) >= 11 is 0. The maximum Gasteiger partial charge on any atom is 0.270 e. The molecule has 1 saturated heterocycles. The molecule has 0 aromatic heterocycles. The second kappa shape index (κ2) is 6.71. The monoisotopic (exact) mass is 353 g/mol. The van der Waals surface area contributed by atoms with Crippen molar-refractivity contribution in [3.8, 4) is 0 Å². The Hall–Kier alpha value is -1.42. The third-order valence-electron chi connectivity index (χ3n) is 5.68. The Morgan fingerprint density at radius 2 is 1.20 bits per heavy atom. The molecule has 1 atom stereocenters. The normalized spacial score (nSPS) is 18.0. The molecular weight excluding hydrogens is 322 g/mol. The van der Waals surface area contributed by atoms with Gasteiger partial charge in [-0.3, -0.25) is 0 Å². The van der Waals surface area contributed by atoms with E-state index in [4.69, 9.17) is 0 Å². The summed E-state index contributed by atoms with van der Waals surface area (Å²) in [6.45, 7) is 14.0. The molecule has 3 rings (SSSR count). The van der Waals surface area contributed by atoms with Crippen LogP contribution in [0.1, 0.15) is 46.2 Å². The topological polar surface area (TPSA) is 32.3 Å². The van der Waals surface area contributed by atoms with E-state index in [1.807, 2.05) is 0 Å².